The van der Waals surface area contributed by atoms with E-state index in [2.05, 4.69) is 40.1 Å². The molecule has 1 heterocycles. The minimum Gasteiger partial charge on any atom is -0.489 e. The highest BCUT2D eigenvalue weighted by atomic mass is 79.9. The summed E-state index contributed by atoms with van der Waals surface area (Å²) in [5, 5.41) is 4.19. The van der Waals surface area contributed by atoms with Crippen LogP contribution in [0, 0.1) is 0 Å². The number of amides is 1. The van der Waals surface area contributed by atoms with Crippen molar-refractivity contribution in [3.05, 3.63) is 81.6 Å². The van der Waals surface area contributed by atoms with Crippen LogP contribution in [-0.2, 0) is 26.6 Å². The summed E-state index contributed by atoms with van der Waals surface area (Å²) in [5.41, 5.74) is 3.83. The minimum absolute atomic E-state index is 0.0396. The van der Waals surface area contributed by atoms with Gasteiger partial charge in [0, 0.05) is 19.7 Å². The minimum atomic E-state index is -0.0396. The number of carbonyl (C=O) groups is 1. The van der Waals surface area contributed by atoms with E-state index in [1.807, 2.05) is 43.4 Å². The molecule has 0 unspecified atom stereocenters. The van der Waals surface area contributed by atoms with Gasteiger partial charge in [-0.2, -0.15) is 5.10 Å². The van der Waals surface area contributed by atoms with Crippen molar-refractivity contribution >= 4 is 21.8 Å². The first kappa shape index (κ1) is 20.1. The van der Waals surface area contributed by atoms with Gasteiger partial charge in [0.1, 0.15) is 12.4 Å². The number of rotatable bonds is 7. The van der Waals surface area contributed by atoms with Crippen LogP contribution in [0.2, 0.25) is 0 Å². The number of aromatic nitrogens is 2. The standard InChI is InChI=1S/C22H24BrN3O2/c1-4-16-8-10-19(11-9-16)28-15-17-6-5-7-18(12-17)22(27)25(2)14-21-20(23)13-24-26(21)3/h5-13H,4,14-15H2,1-3H3. The lowest BCUT2D eigenvalue weighted by Gasteiger charge is -2.18. The summed E-state index contributed by atoms with van der Waals surface area (Å²) in [6.45, 7) is 3.02. The normalized spacial score (nSPS) is 10.7. The summed E-state index contributed by atoms with van der Waals surface area (Å²) in [6.07, 6.45) is 2.74. The number of ether oxygens (including phenoxy) is 1. The third-order valence-electron chi connectivity index (χ3n) is 4.66. The molecular formula is C22H24BrN3O2. The lowest BCUT2D eigenvalue weighted by molar-refractivity contribution is 0.0781. The molecule has 0 saturated carbocycles. The van der Waals surface area contributed by atoms with E-state index in [1.165, 1.54) is 5.56 Å². The summed E-state index contributed by atoms with van der Waals surface area (Å²) >= 11 is 3.48. The van der Waals surface area contributed by atoms with Gasteiger partial charge in [-0.15, -0.1) is 0 Å². The first-order valence-corrected chi connectivity index (χ1v) is 9.99. The molecule has 0 bridgehead atoms. The molecule has 6 heteroatoms. The molecule has 28 heavy (non-hydrogen) atoms. The maximum atomic E-state index is 12.8. The van der Waals surface area contributed by atoms with E-state index in [-0.39, 0.29) is 5.91 Å². The Hall–Kier alpha value is -2.60. The molecule has 0 aliphatic rings. The number of hydrogen-bond donors (Lipinski definition) is 0. The summed E-state index contributed by atoms with van der Waals surface area (Å²) in [4.78, 5) is 14.5. The molecule has 3 aromatic rings. The van der Waals surface area contributed by atoms with Gasteiger partial charge in [-0.3, -0.25) is 9.48 Å². The van der Waals surface area contributed by atoms with Gasteiger partial charge in [0.2, 0.25) is 0 Å². The zero-order valence-electron chi connectivity index (χ0n) is 16.4. The van der Waals surface area contributed by atoms with Crippen LogP contribution in [0.15, 0.2) is 59.2 Å². The number of hydrogen-bond acceptors (Lipinski definition) is 3. The lowest BCUT2D eigenvalue weighted by atomic mass is 10.1. The molecule has 146 valence electrons. The maximum Gasteiger partial charge on any atom is 0.253 e. The second kappa shape index (κ2) is 9.06. The predicted molar refractivity (Wildman–Crippen MR) is 113 cm³/mol. The topological polar surface area (TPSA) is 47.4 Å². The van der Waals surface area contributed by atoms with Crippen LogP contribution in [0.25, 0.3) is 0 Å². The van der Waals surface area contributed by atoms with E-state index in [9.17, 15) is 4.79 Å². The largest absolute Gasteiger partial charge is 0.489 e. The lowest BCUT2D eigenvalue weighted by Crippen LogP contribution is -2.27. The number of carbonyl (C=O) groups excluding carboxylic acids is 1. The van der Waals surface area contributed by atoms with Gasteiger partial charge >= 0.3 is 0 Å². The van der Waals surface area contributed by atoms with Gasteiger partial charge < -0.3 is 9.64 Å². The third kappa shape index (κ3) is 4.81. The molecule has 0 N–H and O–H groups in total. The molecule has 0 atom stereocenters. The SMILES string of the molecule is CCc1ccc(OCc2cccc(C(=O)N(C)Cc3c(Br)cnn3C)c2)cc1. The summed E-state index contributed by atoms with van der Waals surface area (Å²) in [5.74, 6) is 0.786. The summed E-state index contributed by atoms with van der Waals surface area (Å²) < 4.78 is 8.52. The average molecular weight is 442 g/mol. The average Bonchev–Trinajstić information content (AvgIpc) is 3.04. The van der Waals surface area contributed by atoms with E-state index in [0.717, 1.165) is 27.9 Å². The highest BCUT2D eigenvalue weighted by molar-refractivity contribution is 9.10. The first-order chi connectivity index (χ1) is 13.5. The maximum absolute atomic E-state index is 12.8. The molecule has 0 saturated heterocycles. The predicted octanol–water partition coefficient (Wildman–Crippen LogP) is 4.60. The molecule has 3 rings (SSSR count). The zero-order valence-corrected chi connectivity index (χ0v) is 17.9. The van der Waals surface area contributed by atoms with E-state index < -0.39 is 0 Å². The smallest absolute Gasteiger partial charge is 0.253 e. The van der Waals surface area contributed by atoms with Crippen molar-refractivity contribution in [1.82, 2.24) is 14.7 Å². The van der Waals surface area contributed by atoms with Crippen molar-refractivity contribution in [1.29, 1.82) is 0 Å². The molecule has 0 fully saturated rings. The number of aryl methyl sites for hydroxylation is 2. The van der Waals surface area contributed by atoms with Crippen LogP contribution in [0.3, 0.4) is 0 Å². The van der Waals surface area contributed by atoms with Gasteiger partial charge in [0.15, 0.2) is 0 Å². The van der Waals surface area contributed by atoms with Gasteiger partial charge in [0.05, 0.1) is 22.9 Å². The molecule has 1 aromatic heterocycles. The molecule has 0 aliphatic heterocycles. The third-order valence-corrected chi connectivity index (χ3v) is 5.32. The van der Waals surface area contributed by atoms with Crippen LogP contribution in [0.5, 0.6) is 5.75 Å². The van der Waals surface area contributed by atoms with Gasteiger partial charge in [0.25, 0.3) is 5.91 Å². The fourth-order valence-electron chi connectivity index (χ4n) is 2.91. The zero-order chi connectivity index (χ0) is 20.1. The summed E-state index contributed by atoms with van der Waals surface area (Å²) in [6, 6.07) is 15.7. The van der Waals surface area contributed by atoms with Gasteiger partial charge in [-0.25, -0.2) is 0 Å². The quantitative estimate of drug-likeness (QED) is 0.538. The molecule has 0 spiro atoms. The molecule has 5 nitrogen and oxygen atoms in total. The first-order valence-electron chi connectivity index (χ1n) is 9.20. The monoisotopic (exact) mass is 441 g/mol. The van der Waals surface area contributed by atoms with Crippen molar-refractivity contribution < 1.29 is 9.53 Å². The number of nitrogens with zero attached hydrogens (tertiary/aromatic N) is 3. The Morgan fingerprint density at radius 3 is 2.57 bits per heavy atom. The van der Waals surface area contributed by atoms with E-state index in [0.29, 0.717) is 18.7 Å². The van der Waals surface area contributed by atoms with Crippen molar-refractivity contribution in [2.24, 2.45) is 7.05 Å². The molecular weight excluding hydrogens is 418 g/mol. The Labute approximate surface area is 174 Å². The Balaban J connectivity index is 1.65. The van der Waals surface area contributed by atoms with Crippen LogP contribution in [-0.4, -0.2) is 27.6 Å². The number of benzene rings is 2. The van der Waals surface area contributed by atoms with Crippen LogP contribution in [0.1, 0.15) is 34.1 Å². The van der Waals surface area contributed by atoms with Gasteiger partial charge in [-0.1, -0.05) is 31.2 Å². The van der Waals surface area contributed by atoms with Crippen LogP contribution >= 0.6 is 15.9 Å². The molecule has 0 radical (unpaired) electrons. The fraction of sp³-hybridized carbons (Fsp3) is 0.273. The van der Waals surface area contributed by atoms with Gasteiger partial charge in [-0.05, 0) is 57.7 Å². The second-order valence-corrected chi connectivity index (χ2v) is 7.56. The van der Waals surface area contributed by atoms with Crippen molar-refractivity contribution in [3.8, 4) is 5.75 Å². The van der Waals surface area contributed by atoms with E-state index in [1.54, 1.807) is 22.8 Å². The Kier molecular flexibility index (Phi) is 6.52. The fourth-order valence-corrected chi connectivity index (χ4v) is 3.39. The number of halogens is 1. The molecule has 0 aliphatic carbocycles. The highest BCUT2D eigenvalue weighted by Crippen LogP contribution is 2.19. The molecule has 2 aromatic carbocycles. The Morgan fingerprint density at radius 1 is 1.18 bits per heavy atom. The van der Waals surface area contributed by atoms with Crippen molar-refractivity contribution in [3.63, 3.8) is 0 Å². The van der Waals surface area contributed by atoms with E-state index >= 15 is 0 Å². The van der Waals surface area contributed by atoms with E-state index in [4.69, 9.17) is 4.74 Å². The van der Waals surface area contributed by atoms with Crippen LogP contribution < -0.4 is 4.74 Å². The van der Waals surface area contributed by atoms with Crippen molar-refractivity contribution in [2.45, 2.75) is 26.5 Å². The Bertz CT molecular complexity index is 931. The molecule has 1 amide bonds. The Morgan fingerprint density at radius 2 is 1.93 bits per heavy atom. The highest BCUT2D eigenvalue weighted by Gasteiger charge is 2.16. The second-order valence-electron chi connectivity index (χ2n) is 6.71. The van der Waals surface area contributed by atoms with Crippen LogP contribution in [0.4, 0.5) is 0 Å². The van der Waals surface area contributed by atoms with Crippen molar-refractivity contribution in [2.75, 3.05) is 7.05 Å². The summed E-state index contributed by atoms with van der Waals surface area (Å²) in [7, 11) is 3.66.